The monoisotopic (exact) mass is 325 g/mol. The van der Waals surface area contributed by atoms with Crippen molar-refractivity contribution in [2.45, 2.75) is 30.6 Å². The quantitative estimate of drug-likeness (QED) is 0.790. The first-order chi connectivity index (χ1) is 10.4. The van der Waals surface area contributed by atoms with Gasteiger partial charge in [0, 0.05) is 44.5 Å². The van der Waals surface area contributed by atoms with Crippen LogP contribution in [0.5, 0.6) is 0 Å². The number of aromatic nitrogens is 2. The molecule has 120 valence electrons. The van der Waals surface area contributed by atoms with Crippen molar-refractivity contribution in [2.75, 3.05) is 24.5 Å². The highest BCUT2D eigenvalue weighted by atomic mass is 32.2. The summed E-state index contributed by atoms with van der Waals surface area (Å²) in [6.45, 7) is 1.71. The van der Waals surface area contributed by atoms with Crippen LogP contribution in [0.1, 0.15) is 19.3 Å². The molecule has 0 radical (unpaired) electrons. The van der Waals surface area contributed by atoms with Crippen molar-refractivity contribution in [1.82, 2.24) is 14.9 Å². The number of rotatable bonds is 3. The summed E-state index contributed by atoms with van der Waals surface area (Å²) < 4.78 is 22.8. The standard InChI is InChI=1S/C13H19N5O3S/c14-22(20,21)11-8-12(19)18(9-11)10-2-6-17(7-3-10)13-15-4-1-5-16-13/h1,4-5,10-11H,2-3,6-9H2,(H2,14,20,21). The van der Waals surface area contributed by atoms with Gasteiger partial charge in [0.2, 0.25) is 21.9 Å². The fourth-order valence-electron chi connectivity index (χ4n) is 3.10. The lowest BCUT2D eigenvalue weighted by atomic mass is 10.0. The number of carbonyl (C=O) groups excluding carboxylic acids is 1. The van der Waals surface area contributed by atoms with E-state index < -0.39 is 15.3 Å². The molecule has 0 bridgehead atoms. The number of hydrogen-bond donors (Lipinski definition) is 1. The lowest BCUT2D eigenvalue weighted by Crippen LogP contribution is -2.46. The van der Waals surface area contributed by atoms with Gasteiger partial charge in [0.25, 0.3) is 0 Å². The van der Waals surface area contributed by atoms with E-state index in [1.165, 1.54) is 0 Å². The third-order valence-electron chi connectivity index (χ3n) is 4.33. The van der Waals surface area contributed by atoms with Crippen LogP contribution in [-0.2, 0) is 14.8 Å². The summed E-state index contributed by atoms with van der Waals surface area (Å²) in [7, 11) is -3.65. The second kappa shape index (κ2) is 5.81. The summed E-state index contributed by atoms with van der Waals surface area (Å²) in [5, 5.41) is 4.39. The van der Waals surface area contributed by atoms with Crippen molar-refractivity contribution in [3.63, 3.8) is 0 Å². The Morgan fingerprint density at radius 3 is 2.36 bits per heavy atom. The first-order valence-electron chi connectivity index (χ1n) is 7.28. The predicted molar refractivity (Wildman–Crippen MR) is 80.5 cm³/mol. The maximum atomic E-state index is 12.0. The third kappa shape index (κ3) is 3.05. The average molecular weight is 325 g/mol. The van der Waals surface area contributed by atoms with Crippen LogP contribution in [0.2, 0.25) is 0 Å². The number of carbonyl (C=O) groups is 1. The van der Waals surface area contributed by atoms with Crippen LogP contribution >= 0.6 is 0 Å². The molecule has 1 aromatic heterocycles. The summed E-state index contributed by atoms with van der Waals surface area (Å²) in [6.07, 6.45) is 4.97. The zero-order chi connectivity index (χ0) is 15.7. The number of sulfonamides is 1. The van der Waals surface area contributed by atoms with Crippen LogP contribution in [-0.4, -0.2) is 60.1 Å². The van der Waals surface area contributed by atoms with E-state index in [1.807, 2.05) is 0 Å². The smallest absolute Gasteiger partial charge is 0.225 e. The molecule has 2 aliphatic rings. The molecule has 3 rings (SSSR count). The molecular formula is C13H19N5O3S. The zero-order valence-corrected chi connectivity index (χ0v) is 12.9. The highest BCUT2D eigenvalue weighted by Gasteiger charge is 2.40. The van der Waals surface area contributed by atoms with E-state index in [0.29, 0.717) is 5.95 Å². The molecule has 2 saturated heterocycles. The Bertz CT molecular complexity index is 643. The topological polar surface area (TPSA) is 109 Å². The van der Waals surface area contributed by atoms with Gasteiger partial charge in [-0.15, -0.1) is 0 Å². The van der Waals surface area contributed by atoms with E-state index in [2.05, 4.69) is 14.9 Å². The Morgan fingerprint density at radius 2 is 1.82 bits per heavy atom. The maximum absolute atomic E-state index is 12.0. The summed E-state index contributed by atoms with van der Waals surface area (Å²) in [4.78, 5) is 24.3. The highest BCUT2D eigenvalue weighted by molar-refractivity contribution is 7.89. The number of amides is 1. The normalized spacial score (nSPS) is 24.0. The summed E-state index contributed by atoms with van der Waals surface area (Å²) in [5.41, 5.74) is 0. The van der Waals surface area contributed by atoms with Gasteiger partial charge in [0.05, 0.1) is 0 Å². The summed E-state index contributed by atoms with van der Waals surface area (Å²) in [5.74, 6) is 0.574. The molecule has 9 heteroatoms. The number of likely N-dealkylation sites (tertiary alicyclic amines) is 1. The predicted octanol–water partition coefficient (Wildman–Crippen LogP) is -0.665. The van der Waals surface area contributed by atoms with E-state index in [4.69, 9.17) is 5.14 Å². The van der Waals surface area contributed by atoms with Gasteiger partial charge >= 0.3 is 0 Å². The van der Waals surface area contributed by atoms with Crippen molar-refractivity contribution in [3.8, 4) is 0 Å². The van der Waals surface area contributed by atoms with E-state index in [1.54, 1.807) is 23.4 Å². The molecular weight excluding hydrogens is 306 g/mol. The van der Waals surface area contributed by atoms with Crippen LogP contribution < -0.4 is 10.0 Å². The molecule has 2 aliphatic heterocycles. The van der Waals surface area contributed by atoms with Gasteiger partial charge in [0.15, 0.2) is 0 Å². The molecule has 0 aliphatic carbocycles. The Morgan fingerprint density at radius 1 is 1.18 bits per heavy atom. The minimum atomic E-state index is -3.65. The van der Waals surface area contributed by atoms with Crippen LogP contribution in [0.25, 0.3) is 0 Å². The number of hydrogen-bond acceptors (Lipinski definition) is 6. The minimum Gasteiger partial charge on any atom is -0.341 e. The molecule has 2 N–H and O–H groups in total. The number of anilines is 1. The first-order valence-corrected chi connectivity index (χ1v) is 8.89. The number of nitrogens with zero attached hydrogens (tertiary/aromatic N) is 4. The van der Waals surface area contributed by atoms with Crippen molar-refractivity contribution in [3.05, 3.63) is 18.5 Å². The second-order valence-electron chi connectivity index (χ2n) is 5.73. The Balaban J connectivity index is 1.61. The zero-order valence-electron chi connectivity index (χ0n) is 12.1. The first kappa shape index (κ1) is 15.2. The van der Waals surface area contributed by atoms with Crippen molar-refractivity contribution in [2.24, 2.45) is 5.14 Å². The minimum absolute atomic E-state index is 0.000837. The summed E-state index contributed by atoms with van der Waals surface area (Å²) in [6, 6.07) is 1.84. The molecule has 1 aromatic rings. The Kier molecular flexibility index (Phi) is 4.00. The van der Waals surface area contributed by atoms with Gasteiger partial charge in [-0.3, -0.25) is 4.79 Å². The van der Waals surface area contributed by atoms with E-state index in [-0.39, 0.29) is 24.9 Å². The van der Waals surface area contributed by atoms with Crippen LogP contribution in [0.15, 0.2) is 18.5 Å². The van der Waals surface area contributed by atoms with Crippen molar-refractivity contribution < 1.29 is 13.2 Å². The van der Waals surface area contributed by atoms with Crippen LogP contribution in [0.4, 0.5) is 5.95 Å². The number of piperidine rings is 1. The molecule has 8 nitrogen and oxygen atoms in total. The van der Waals surface area contributed by atoms with E-state index in [9.17, 15) is 13.2 Å². The lowest BCUT2D eigenvalue weighted by Gasteiger charge is -2.36. The van der Waals surface area contributed by atoms with E-state index in [0.717, 1.165) is 25.9 Å². The molecule has 0 saturated carbocycles. The molecule has 2 fully saturated rings. The molecule has 1 atom stereocenters. The molecule has 1 unspecified atom stereocenters. The lowest BCUT2D eigenvalue weighted by molar-refractivity contribution is -0.130. The largest absolute Gasteiger partial charge is 0.341 e. The maximum Gasteiger partial charge on any atom is 0.225 e. The summed E-state index contributed by atoms with van der Waals surface area (Å²) >= 11 is 0. The van der Waals surface area contributed by atoms with Crippen LogP contribution in [0, 0.1) is 0 Å². The SMILES string of the molecule is NS(=O)(=O)C1CC(=O)N(C2CCN(c3ncccn3)CC2)C1. The van der Waals surface area contributed by atoms with Gasteiger partial charge in [0.1, 0.15) is 5.25 Å². The van der Waals surface area contributed by atoms with Gasteiger partial charge < -0.3 is 9.80 Å². The molecule has 1 amide bonds. The molecule has 0 spiro atoms. The molecule has 3 heterocycles. The number of primary sulfonamides is 1. The van der Waals surface area contributed by atoms with Gasteiger partial charge in [-0.1, -0.05) is 0 Å². The average Bonchev–Trinajstić information content (AvgIpc) is 2.90. The second-order valence-corrected chi connectivity index (χ2v) is 7.57. The number of nitrogens with two attached hydrogens (primary N) is 1. The molecule has 0 aromatic carbocycles. The fourth-order valence-corrected chi connectivity index (χ4v) is 3.85. The van der Waals surface area contributed by atoms with E-state index >= 15 is 0 Å². The fraction of sp³-hybridized carbons (Fsp3) is 0.615. The van der Waals surface area contributed by atoms with Crippen LogP contribution in [0.3, 0.4) is 0 Å². The van der Waals surface area contributed by atoms with Crippen molar-refractivity contribution in [1.29, 1.82) is 0 Å². The van der Waals surface area contributed by atoms with Gasteiger partial charge in [-0.05, 0) is 18.9 Å². The Labute approximate surface area is 129 Å². The third-order valence-corrected chi connectivity index (χ3v) is 5.57. The Hall–Kier alpha value is -1.74. The van der Waals surface area contributed by atoms with Gasteiger partial charge in [-0.25, -0.2) is 23.5 Å². The highest BCUT2D eigenvalue weighted by Crippen LogP contribution is 2.25. The van der Waals surface area contributed by atoms with Crippen molar-refractivity contribution >= 4 is 21.9 Å². The van der Waals surface area contributed by atoms with Gasteiger partial charge in [-0.2, -0.15) is 0 Å². The molecule has 22 heavy (non-hydrogen) atoms.